The Morgan fingerprint density at radius 3 is 2.58 bits per heavy atom. The van der Waals surface area contributed by atoms with Gasteiger partial charge in [0.15, 0.2) is 17.3 Å². The SMILES string of the molecule is CCOc1ccccc1O[C@@H]1CCCN(c2cncc(NC(=O)CCc3ccc(CC(=O)OC)cc3)n2)C1. The summed E-state index contributed by atoms with van der Waals surface area (Å²) in [6.07, 6.45) is 6.26. The molecular weight excluding hydrogens is 484 g/mol. The molecule has 2 aromatic carbocycles. The van der Waals surface area contributed by atoms with Crippen LogP contribution >= 0.6 is 0 Å². The second-order valence-electron chi connectivity index (χ2n) is 9.09. The van der Waals surface area contributed by atoms with Gasteiger partial charge in [-0.25, -0.2) is 4.98 Å². The van der Waals surface area contributed by atoms with Gasteiger partial charge in [0, 0.05) is 13.0 Å². The van der Waals surface area contributed by atoms with Crippen molar-refractivity contribution in [2.24, 2.45) is 0 Å². The maximum Gasteiger partial charge on any atom is 0.309 e. The topological polar surface area (TPSA) is 103 Å². The summed E-state index contributed by atoms with van der Waals surface area (Å²) < 4.78 is 16.7. The fraction of sp³-hybridized carbons (Fsp3) is 0.379. The zero-order valence-corrected chi connectivity index (χ0v) is 21.9. The molecule has 0 radical (unpaired) electrons. The van der Waals surface area contributed by atoms with Crippen LogP contribution in [0.2, 0.25) is 0 Å². The molecule has 0 aliphatic carbocycles. The highest BCUT2D eigenvalue weighted by Gasteiger charge is 2.24. The predicted octanol–water partition coefficient (Wildman–Crippen LogP) is 4.21. The molecule has 1 atom stereocenters. The van der Waals surface area contributed by atoms with Crippen molar-refractivity contribution >= 4 is 23.5 Å². The fourth-order valence-electron chi connectivity index (χ4n) is 4.34. The van der Waals surface area contributed by atoms with E-state index in [4.69, 9.17) is 14.2 Å². The molecule has 1 aliphatic rings. The Labute approximate surface area is 223 Å². The molecule has 1 amide bonds. The summed E-state index contributed by atoms with van der Waals surface area (Å²) in [4.78, 5) is 35.1. The van der Waals surface area contributed by atoms with Gasteiger partial charge in [-0.1, -0.05) is 36.4 Å². The van der Waals surface area contributed by atoms with Crippen LogP contribution in [0.15, 0.2) is 60.9 Å². The Bertz CT molecular complexity index is 1220. The molecule has 1 saturated heterocycles. The van der Waals surface area contributed by atoms with E-state index in [-0.39, 0.29) is 24.4 Å². The number of piperidine rings is 1. The van der Waals surface area contributed by atoms with Crippen LogP contribution in [-0.2, 0) is 27.2 Å². The van der Waals surface area contributed by atoms with Crippen molar-refractivity contribution in [2.75, 3.05) is 37.0 Å². The molecule has 0 spiro atoms. The zero-order chi connectivity index (χ0) is 26.7. The van der Waals surface area contributed by atoms with Gasteiger partial charge in [0.05, 0.1) is 39.1 Å². The second-order valence-corrected chi connectivity index (χ2v) is 9.09. The highest BCUT2D eigenvalue weighted by Crippen LogP contribution is 2.30. The Balaban J connectivity index is 1.30. The third kappa shape index (κ3) is 7.68. The van der Waals surface area contributed by atoms with E-state index in [1.54, 1.807) is 12.4 Å². The molecule has 38 heavy (non-hydrogen) atoms. The normalized spacial score (nSPS) is 15.0. The number of esters is 1. The van der Waals surface area contributed by atoms with E-state index >= 15 is 0 Å². The van der Waals surface area contributed by atoms with Gasteiger partial charge in [-0.05, 0) is 49.4 Å². The van der Waals surface area contributed by atoms with Crippen molar-refractivity contribution in [2.45, 2.75) is 45.1 Å². The van der Waals surface area contributed by atoms with Crippen molar-refractivity contribution in [3.05, 3.63) is 72.1 Å². The number of aromatic nitrogens is 2. The molecule has 0 saturated carbocycles. The van der Waals surface area contributed by atoms with Crippen molar-refractivity contribution in [3.8, 4) is 11.5 Å². The number of benzene rings is 2. The molecule has 200 valence electrons. The van der Waals surface area contributed by atoms with Gasteiger partial charge in [0.25, 0.3) is 0 Å². The lowest BCUT2D eigenvalue weighted by atomic mass is 10.1. The molecule has 9 heteroatoms. The number of para-hydroxylation sites is 2. The fourth-order valence-corrected chi connectivity index (χ4v) is 4.34. The smallest absolute Gasteiger partial charge is 0.309 e. The molecule has 1 aliphatic heterocycles. The number of methoxy groups -OCH3 is 1. The molecule has 1 N–H and O–H groups in total. The first-order valence-corrected chi connectivity index (χ1v) is 12.9. The zero-order valence-electron chi connectivity index (χ0n) is 21.9. The van der Waals surface area contributed by atoms with Crippen molar-refractivity contribution in [1.29, 1.82) is 0 Å². The molecule has 2 heterocycles. The number of hydrogen-bond acceptors (Lipinski definition) is 8. The van der Waals surface area contributed by atoms with E-state index < -0.39 is 0 Å². The first-order valence-electron chi connectivity index (χ1n) is 12.9. The third-order valence-corrected chi connectivity index (χ3v) is 6.27. The van der Waals surface area contributed by atoms with E-state index in [2.05, 4.69) is 20.2 Å². The largest absolute Gasteiger partial charge is 0.490 e. The average molecular weight is 519 g/mol. The summed E-state index contributed by atoms with van der Waals surface area (Å²) in [5, 5.41) is 2.86. The molecule has 0 unspecified atom stereocenters. The van der Waals surface area contributed by atoms with Gasteiger partial charge in [-0.3, -0.25) is 14.6 Å². The highest BCUT2D eigenvalue weighted by molar-refractivity contribution is 5.89. The van der Waals surface area contributed by atoms with Crippen LogP contribution in [0, 0.1) is 0 Å². The number of hydrogen-bond donors (Lipinski definition) is 1. The van der Waals surface area contributed by atoms with Crippen LogP contribution < -0.4 is 19.7 Å². The lowest BCUT2D eigenvalue weighted by Gasteiger charge is -2.33. The molecule has 1 aromatic heterocycles. The first-order chi connectivity index (χ1) is 18.5. The Morgan fingerprint density at radius 2 is 1.82 bits per heavy atom. The monoisotopic (exact) mass is 518 g/mol. The number of carbonyl (C=O) groups excluding carboxylic acids is 2. The van der Waals surface area contributed by atoms with Crippen LogP contribution in [0.4, 0.5) is 11.6 Å². The summed E-state index contributed by atoms with van der Waals surface area (Å²) in [6, 6.07) is 15.3. The molecule has 1 fully saturated rings. The summed E-state index contributed by atoms with van der Waals surface area (Å²) in [5.74, 6) is 2.20. The lowest BCUT2D eigenvalue weighted by molar-refractivity contribution is -0.139. The van der Waals surface area contributed by atoms with E-state index in [0.29, 0.717) is 37.6 Å². The van der Waals surface area contributed by atoms with Crippen LogP contribution in [0.25, 0.3) is 0 Å². The maximum absolute atomic E-state index is 12.6. The van der Waals surface area contributed by atoms with Gasteiger partial charge in [0.2, 0.25) is 5.91 Å². The predicted molar refractivity (Wildman–Crippen MR) is 145 cm³/mol. The minimum atomic E-state index is -0.278. The number of rotatable bonds is 11. The number of anilines is 2. The first kappa shape index (κ1) is 26.9. The second kappa shape index (κ2) is 13.4. The van der Waals surface area contributed by atoms with Crippen molar-refractivity contribution in [1.82, 2.24) is 9.97 Å². The van der Waals surface area contributed by atoms with Gasteiger partial charge in [-0.2, -0.15) is 0 Å². The van der Waals surface area contributed by atoms with E-state index in [9.17, 15) is 9.59 Å². The van der Waals surface area contributed by atoms with Gasteiger partial charge in [0.1, 0.15) is 11.9 Å². The molecule has 4 rings (SSSR count). The Morgan fingerprint density at radius 1 is 1.05 bits per heavy atom. The van der Waals surface area contributed by atoms with E-state index in [1.807, 2.05) is 55.5 Å². The number of carbonyl (C=O) groups is 2. The quantitative estimate of drug-likeness (QED) is 0.377. The Kier molecular flexibility index (Phi) is 9.50. The molecule has 3 aromatic rings. The third-order valence-electron chi connectivity index (χ3n) is 6.27. The number of ether oxygens (including phenoxy) is 3. The van der Waals surface area contributed by atoms with Crippen molar-refractivity contribution in [3.63, 3.8) is 0 Å². The number of aryl methyl sites for hydroxylation is 1. The summed E-state index contributed by atoms with van der Waals surface area (Å²) in [5.41, 5.74) is 1.89. The Hall–Kier alpha value is -4.14. The van der Waals surface area contributed by atoms with Crippen LogP contribution in [0.5, 0.6) is 11.5 Å². The van der Waals surface area contributed by atoms with Crippen LogP contribution in [0.3, 0.4) is 0 Å². The minimum Gasteiger partial charge on any atom is -0.490 e. The summed E-state index contributed by atoms with van der Waals surface area (Å²) >= 11 is 0. The maximum atomic E-state index is 12.6. The number of nitrogens with zero attached hydrogens (tertiary/aromatic N) is 3. The summed E-state index contributed by atoms with van der Waals surface area (Å²) in [6.45, 7) is 4.04. The number of amides is 1. The average Bonchev–Trinajstić information content (AvgIpc) is 2.94. The summed E-state index contributed by atoms with van der Waals surface area (Å²) in [7, 11) is 1.37. The van der Waals surface area contributed by atoms with E-state index in [1.165, 1.54) is 7.11 Å². The minimum absolute atomic E-state index is 0.00980. The van der Waals surface area contributed by atoms with Gasteiger partial charge >= 0.3 is 5.97 Å². The van der Waals surface area contributed by atoms with E-state index in [0.717, 1.165) is 42.0 Å². The molecule has 9 nitrogen and oxygen atoms in total. The van der Waals surface area contributed by atoms with Gasteiger partial charge in [-0.15, -0.1) is 0 Å². The highest BCUT2D eigenvalue weighted by atomic mass is 16.5. The standard InChI is InChI=1S/C29H34N4O5/c1-3-37-24-8-4-5-9-25(24)38-23-7-6-16-33(20-23)27-19-30-18-26(31-27)32-28(34)15-14-21-10-12-22(13-11-21)17-29(35)36-2/h4-5,8-13,18-19,23H,3,6-7,14-17,20H2,1-2H3,(H,31,32,34)/t23-/m1/s1. The number of nitrogens with one attached hydrogen (secondary N) is 1. The van der Waals surface area contributed by atoms with Crippen LogP contribution in [0.1, 0.15) is 37.3 Å². The lowest BCUT2D eigenvalue weighted by Crippen LogP contribution is -2.41. The van der Waals surface area contributed by atoms with Crippen molar-refractivity contribution < 1.29 is 23.8 Å². The molecular formula is C29H34N4O5. The molecule has 0 bridgehead atoms. The van der Waals surface area contributed by atoms with Gasteiger partial charge < -0.3 is 24.4 Å². The van der Waals surface area contributed by atoms with Crippen LogP contribution in [-0.4, -0.2) is 54.8 Å².